The summed E-state index contributed by atoms with van der Waals surface area (Å²) in [5, 5.41) is 10.1. The van der Waals surface area contributed by atoms with Crippen LogP contribution in [0.3, 0.4) is 0 Å². The number of rotatable bonds is 4. The monoisotopic (exact) mass is 383 g/mol. The molecule has 1 saturated heterocycles. The van der Waals surface area contributed by atoms with Crippen LogP contribution in [0.25, 0.3) is 17.0 Å². The van der Waals surface area contributed by atoms with E-state index in [9.17, 15) is 9.18 Å². The molecule has 0 aliphatic carbocycles. The second kappa shape index (κ2) is 8.05. The molecule has 3 rings (SSSR count). The maximum Gasteiger partial charge on any atom is 0.410 e. The average molecular weight is 383 g/mol. The molecule has 1 fully saturated rings. The fourth-order valence-corrected chi connectivity index (χ4v) is 3.57. The number of alkyl halides is 1. The van der Waals surface area contributed by atoms with Gasteiger partial charge in [0.2, 0.25) is 0 Å². The Morgan fingerprint density at radius 1 is 1.39 bits per heavy atom. The van der Waals surface area contributed by atoms with Crippen molar-refractivity contribution in [3.63, 3.8) is 0 Å². The SMILES string of the molecule is CC(C)(C)OC(=O)N1CCC[C@H]1C=Cc1cc2ccc(C#N)cc2n1CCF. The largest absolute Gasteiger partial charge is 0.444 e. The Bertz CT molecular complexity index is 934. The van der Waals surface area contributed by atoms with Crippen molar-refractivity contribution in [1.29, 1.82) is 5.26 Å². The number of hydrogen-bond acceptors (Lipinski definition) is 3. The fraction of sp³-hybridized carbons (Fsp3) is 0.455. The highest BCUT2D eigenvalue weighted by atomic mass is 19.1. The van der Waals surface area contributed by atoms with Crippen molar-refractivity contribution < 1.29 is 13.9 Å². The van der Waals surface area contributed by atoms with Crippen LogP contribution in [0.4, 0.5) is 9.18 Å². The molecule has 28 heavy (non-hydrogen) atoms. The van der Waals surface area contributed by atoms with E-state index in [0.29, 0.717) is 12.1 Å². The van der Waals surface area contributed by atoms with E-state index in [0.717, 1.165) is 29.4 Å². The minimum atomic E-state index is -0.528. The molecule has 1 aliphatic rings. The fourth-order valence-electron chi connectivity index (χ4n) is 3.57. The van der Waals surface area contributed by atoms with Crippen LogP contribution in [0.5, 0.6) is 0 Å². The first-order valence-corrected chi connectivity index (χ1v) is 9.59. The highest BCUT2D eigenvalue weighted by molar-refractivity contribution is 5.85. The lowest BCUT2D eigenvalue weighted by molar-refractivity contribution is 0.0256. The van der Waals surface area contributed by atoms with Crippen LogP contribution in [0.1, 0.15) is 44.9 Å². The number of hydrogen-bond donors (Lipinski definition) is 0. The Kier molecular flexibility index (Phi) is 5.73. The molecule has 0 unspecified atom stereocenters. The first-order valence-electron chi connectivity index (χ1n) is 9.59. The Balaban J connectivity index is 1.86. The lowest BCUT2D eigenvalue weighted by Gasteiger charge is -2.27. The van der Waals surface area contributed by atoms with Crippen LogP contribution in [0, 0.1) is 11.3 Å². The molecule has 0 bridgehead atoms. The third-order valence-electron chi connectivity index (χ3n) is 4.79. The zero-order valence-corrected chi connectivity index (χ0v) is 16.6. The van der Waals surface area contributed by atoms with E-state index in [4.69, 9.17) is 10.00 Å². The average Bonchev–Trinajstić information content (AvgIpc) is 3.23. The Morgan fingerprint density at radius 3 is 2.86 bits per heavy atom. The van der Waals surface area contributed by atoms with Crippen molar-refractivity contribution in [2.24, 2.45) is 0 Å². The summed E-state index contributed by atoms with van der Waals surface area (Å²) in [6.45, 7) is 5.97. The highest BCUT2D eigenvalue weighted by Gasteiger charge is 2.30. The topological polar surface area (TPSA) is 58.3 Å². The number of aromatic nitrogens is 1. The number of aryl methyl sites for hydroxylation is 1. The molecule has 1 atom stereocenters. The van der Waals surface area contributed by atoms with Crippen LogP contribution in [0.2, 0.25) is 0 Å². The third kappa shape index (κ3) is 4.36. The summed E-state index contributed by atoms with van der Waals surface area (Å²) >= 11 is 0. The Labute approximate surface area is 165 Å². The number of nitrogens with zero attached hydrogens (tertiary/aromatic N) is 3. The Hall–Kier alpha value is -2.81. The number of fused-ring (bicyclic) bond motifs is 1. The van der Waals surface area contributed by atoms with Crippen LogP contribution in [-0.2, 0) is 11.3 Å². The lowest BCUT2D eigenvalue weighted by atomic mass is 10.1. The molecule has 2 aromatic rings. The molecule has 6 heteroatoms. The normalized spacial score (nSPS) is 17.4. The molecule has 0 spiro atoms. The van der Waals surface area contributed by atoms with Gasteiger partial charge in [0, 0.05) is 23.1 Å². The van der Waals surface area contributed by atoms with Crippen LogP contribution < -0.4 is 0 Å². The maximum atomic E-state index is 13.1. The van der Waals surface area contributed by atoms with Gasteiger partial charge in [-0.15, -0.1) is 0 Å². The van der Waals surface area contributed by atoms with Crippen LogP contribution in [0.15, 0.2) is 30.3 Å². The zero-order chi connectivity index (χ0) is 20.3. The predicted octanol–water partition coefficient (Wildman–Crippen LogP) is 4.90. The van der Waals surface area contributed by atoms with Gasteiger partial charge in [0.05, 0.1) is 24.2 Å². The summed E-state index contributed by atoms with van der Waals surface area (Å²) in [5.41, 5.74) is 1.72. The van der Waals surface area contributed by atoms with E-state index in [2.05, 4.69) is 6.07 Å². The van der Waals surface area contributed by atoms with Gasteiger partial charge in [-0.1, -0.05) is 12.1 Å². The van der Waals surface area contributed by atoms with Gasteiger partial charge in [-0.3, -0.25) is 0 Å². The summed E-state index contributed by atoms with van der Waals surface area (Å²) in [6, 6.07) is 9.49. The van der Waals surface area contributed by atoms with Crippen molar-refractivity contribution in [2.75, 3.05) is 13.2 Å². The number of carbonyl (C=O) groups excluding carboxylic acids is 1. The van der Waals surface area contributed by atoms with Crippen molar-refractivity contribution in [3.05, 3.63) is 41.6 Å². The van der Waals surface area contributed by atoms with Crippen molar-refractivity contribution in [2.45, 2.75) is 51.8 Å². The molecule has 0 radical (unpaired) electrons. The molecule has 1 aromatic heterocycles. The molecule has 148 valence electrons. The summed E-state index contributed by atoms with van der Waals surface area (Å²) in [5.74, 6) is 0. The van der Waals surface area contributed by atoms with E-state index < -0.39 is 12.3 Å². The van der Waals surface area contributed by atoms with Crippen LogP contribution in [-0.4, -0.2) is 40.4 Å². The summed E-state index contributed by atoms with van der Waals surface area (Å²) in [4.78, 5) is 14.2. The first kappa shape index (κ1) is 19.9. The third-order valence-corrected chi connectivity index (χ3v) is 4.79. The van der Waals surface area contributed by atoms with Gasteiger partial charge in [-0.2, -0.15) is 5.26 Å². The lowest BCUT2D eigenvalue weighted by Crippen LogP contribution is -2.39. The highest BCUT2D eigenvalue weighted by Crippen LogP contribution is 2.25. The minimum absolute atomic E-state index is 0.0404. The van der Waals surface area contributed by atoms with Gasteiger partial charge in [-0.25, -0.2) is 9.18 Å². The van der Waals surface area contributed by atoms with E-state index in [-0.39, 0.29) is 18.7 Å². The molecule has 1 amide bonds. The Morgan fingerprint density at radius 2 is 2.18 bits per heavy atom. The number of ether oxygens (including phenoxy) is 1. The smallest absolute Gasteiger partial charge is 0.410 e. The first-order chi connectivity index (χ1) is 13.3. The van der Waals surface area contributed by atoms with Crippen LogP contribution >= 0.6 is 0 Å². The van der Waals surface area contributed by atoms with E-state index in [1.165, 1.54) is 0 Å². The van der Waals surface area contributed by atoms with Gasteiger partial charge in [0.15, 0.2) is 0 Å². The number of carbonyl (C=O) groups is 1. The number of nitriles is 1. The standard InChI is InChI=1S/C22H26FN3O2/c1-22(2,3)28-21(27)26-11-4-5-18(26)8-9-19-14-17-7-6-16(15-24)13-20(17)25(19)12-10-23/h6-9,13-14,18H,4-5,10-12H2,1-3H3/t18-/m0/s1. The van der Waals surface area contributed by atoms with Gasteiger partial charge in [0.1, 0.15) is 12.3 Å². The van der Waals surface area contributed by atoms with Crippen molar-refractivity contribution in [3.8, 4) is 6.07 Å². The van der Waals surface area contributed by atoms with Gasteiger partial charge in [0.25, 0.3) is 0 Å². The quantitative estimate of drug-likeness (QED) is 0.755. The molecule has 1 aliphatic heterocycles. The zero-order valence-electron chi connectivity index (χ0n) is 16.6. The van der Waals surface area contributed by atoms with Crippen molar-refractivity contribution >= 4 is 23.1 Å². The predicted molar refractivity (Wildman–Crippen MR) is 108 cm³/mol. The summed E-state index contributed by atoms with van der Waals surface area (Å²) in [7, 11) is 0. The summed E-state index contributed by atoms with van der Waals surface area (Å²) in [6.07, 6.45) is 5.42. The second-order valence-electron chi connectivity index (χ2n) is 8.04. The molecule has 2 heterocycles. The van der Waals surface area contributed by atoms with Gasteiger partial charge in [-0.05, 0) is 57.9 Å². The molecule has 0 saturated carbocycles. The molecular formula is C22H26FN3O2. The second-order valence-corrected chi connectivity index (χ2v) is 8.04. The molecule has 0 N–H and O–H groups in total. The number of amides is 1. The van der Waals surface area contributed by atoms with E-state index in [1.54, 1.807) is 17.0 Å². The number of benzene rings is 1. The molecule has 5 nitrogen and oxygen atoms in total. The van der Waals surface area contributed by atoms with E-state index >= 15 is 0 Å². The minimum Gasteiger partial charge on any atom is -0.444 e. The number of halogens is 1. The van der Waals surface area contributed by atoms with Gasteiger partial charge < -0.3 is 14.2 Å². The summed E-state index contributed by atoms with van der Waals surface area (Å²) < 4.78 is 20.5. The molecular weight excluding hydrogens is 357 g/mol. The maximum absolute atomic E-state index is 13.1. The van der Waals surface area contributed by atoms with E-state index in [1.807, 2.05) is 49.6 Å². The van der Waals surface area contributed by atoms with Gasteiger partial charge >= 0.3 is 6.09 Å². The molecule has 1 aromatic carbocycles. The number of likely N-dealkylation sites (tertiary alicyclic amines) is 1. The van der Waals surface area contributed by atoms with Crippen molar-refractivity contribution in [1.82, 2.24) is 9.47 Å².